The molecule has 0 aliphatic rings. The summed E-state index contributed by atoms with van der Waals surface area (Å²) >= 11 is 0. The number of rotatable bonds is 1. The predicted octanol–water partition coefficient (Wildman–Crippen LogP) is 2.87. The Kier molecular flexibility index (Phi) is 3.22. The van der Waals surface area contributed by atoms with Crippen molar-refractivity contribution in [2.24, 2.45) is 0 Å². The highest BCUT2D eigenvalue weighted by atomic mass is 16.2. The minimum absolute atomic E-state index is 0.223. The van der Waals surface area contributed by atoms with E-state index < -0.39 is 0 Å². The maximum absolute atomic E-state index is 11.9. The SMILES string of the molecule is Cc1nc2c(NC(=O)NC(C)(C)C)cccn2c1C. The zero-order valence-corrected chi connectivity index (χ0v) is 12.0. The molecular formula is C14H20N4O. The van der Waals surface area contributed by atoms with Crippen LogP contribution >= 0.6 is 0 Å². The number of carbonyl (C=O) groups is 1. The maximum Gasteiger partial charge on any atom is 0.319 e. The zero-order valence-electron chi connectivity index (χ0n) is 12.0. The number of hydrogen-bond donors (Lipinski definition) is 2. The lowest BCUT2D eigenvalue weighted by Crippen LogP contribution is -2.43. The summed E-state index contributed by atoms with van der Waals surface area (Å²) in [7, 11) is 0. The van der Waals surface area contributed by atoms with Crippen LogP contribution in [0.25, 0.3) is 5.65 Å². The zero-order chi connectivity index (χ0) is 14.2. The van der Waals surface area contributed by atoms with Crippen LogP contribution in [-0.2, 0) is 0 Å². The van der Waals surface area contributed by atoms with Crippen molar-refractivity contribution in [1.29, 1.82) is 0 Å². The number of amides is 2. The van der Waals surface area contributed by atoms with Gasteiger partial charge in [0, 0.05) is 17.4 Å². The van der Waals surface area contributed by atoms with Gasteiger partial charge in [0.15, 0.2) is 5.65 Å². The van der Waals surface area contributed by atoms with E-state index in [2.05, 4.69) is 15.6 Å². The fourth-order valence-corrected chi connectivity index (χ4v) is 1.89. The second-order valence-electron chi connectivity index (χ2n) is 5.73. The van der Waals surface area contributed by atoms with E-state index in [4.69, 9.17) is 0 Å². The molecule has 0 bridgehead atoms. The van der Waals surface area contributed by atoms with Crippen molar-refractivity contribution in [2.75, 3.05) is 5.32 Å². The molecule has 0 saturated heterocycles. The Morgan fingerprint density at radius 2 is 2.00 bits per heavy atom. The lowest BCUT2D eigenvalue weighted by molar-refractivity contribution is 0.244. The Hall–Kier alpha value is -2.04. The van der Waals surface area contributed by atoms with Gasteiger partial charge < -0.3 is 15.0 Å². The summed E-state index contributed by atoms with van der Waals surface area (Å²) in [5.74, 6) is 0. The highest BCUT2D eigenvalue weighted by Gasteiger charge is 2.15. The number of fused-ring (bicyclic) bond motifs is 1. The molecule has 0 unspecified atom stereocenters. The van der Waals surface area contributed by atoms with Gasteiger partial charge in [-0.15, -0.1) is 0 Å². The summed E-state index contributed by atoms with van der Waals surface area (Å²) in [5, 5.41) is 5.72. The molecule has 0 aliphatic carbocycles. The first-order valence-corrected chi connectivity index (χ1v) is 6.31. The fourth-order valence-electron chi connectivity index (χ4n) is 1.89. The lowest BCUT2D eigenvalue weighted by Gasteiger charge is -2.20. The molecule has 19 heavy (non-hydrogen) atoms. The molecule has 102 valence electrons. The molecule has 0 aliphatic heterocycles. The number of hydrogen-bond acceptors (Lipinski definition) is 2. The largest absolute Gasteiger partial charge is 0.333 e. The topological polar surface area (TPSA) is 58.4 Å². The number of urea groups is 1. The van der Waals surface area contributed by atoms with Gasteiger partial charge in [0.2, 0.25) is 0 Å². The van der Waals surface area contributed by atoms with Crippen molar-refractivity contribution in [1.82, 2.24) is 14.7 Å². The van der Waals surface area contributed by atoms with Crippen LogP contribution in [-0.4, -0.2) is 21.0 Å². The highest BCUT2D eigenvalue weighted by Crippen LogP contribution is 2.19. The quantitative estimate of drug-likeness (QED) is 0.828. The second-order valence-corrected chi connectivity index (χ2v) is 5.73. The number of anilines is 1. The van der Waals surface area contributed by atoms with Crippen LogP contribution in [0.5, 0.6) is 0 Å². The molecule has 5 heteroatoms. The molecule has 0 spiro atoms. The number of nitrogens with zero attached hydrogens (tertiary/aromatic N) is 2. The lowest BCUT2D eigenvalue weighted by atomic mass is 10.1. The van der Waals surface area contributed by atoms with E-state index in [1.54, 1.807) is 0 Å². The smallest absolute Gasteiger partial charge is 0.319 e. The third kappa shape index (κ3) is 2.86. The Bertz CT molecular complexity index is 622. The predicted molar refractivity (Wildman–Crippen MR) is 76.6 cm³/mol. The highest BCUT2D eigenvalue weighted by molar-refractivity contribution is 5.93. The van der Waals surface area contributed by atoms with E-state index in [0.29, 0.717) is 5.69 Å². The summed E-state index contributed by atoms with van der Waals surface area (Å²) in [5.41, 5.74) is 3.25. The Morgan fingerprint density at radius 3 is 2.63 bits per heavy atom. The molecule has 0 saturated carbocycles. The van der Waals surface area contributed by atoms with Gasteiger partial charge in [-0.05, 0) is 46.8 Å². The number of nitrogens with one attached hydrogen (secondary N) is 2. The van der Waals surface area contributed by atoms with E-state index in [-0.39, 0.29) is 11.6 Å². The van der Waals surface area contributed by atoms with Crippen LogP contribution in [0.15, 0.2) is 18.3 Å². The van der Waals surface area contributed by atoms with Gasteiger partial charge in [0.25, 0.3) is 0 Å². The van der Waals surface area contributed by atoms with Crippen LogP contribution < -0.4 is 10.6 Å². The Balaban J connectivity index is 2.31. The molecule has 2 amide bonds. The van der Waals surface area contributed by atoms with Gasteiger partial charge in [-0.2, -0.15) is 0 Å². The van der Waals surface area contributed by atoms with E-state index >= 15 is 0 Å². The van der Waals surface area contributed by atoms with Crippen LogP contribution in [0, 0.1) is 13.8 Å². The van der Waals surface area contributed by atoms with Gasteiger partial charge >= 0.3 is 6.03 Å². The normalized spacial score (nSPS) is 11.6. The average molecular weight is 260 g/mol. The molecule has 0 fully saturated rings. The van der Waals surface area contributed by atoms with Crippen molar-refractivity contribution in [3.63, 3.8) is 0 Å². The Labute approximate surface area is 113 Å². The number of carbonyl (C=O) groups excluding carboxylic acids is 1. The van der Waals surface area contributed by atoms with Crippen LogP contribution in [0.1, 0.15) is 32.2 Å². The monoisotopic (exact) mass is 260 g/mol. The first-order chi connectivity index (χ1) is 8.78. The molecular weight excluding hydrogens is 240 g/mol. The van der Waals surface area contributed by atoms with Crippen molar-refractivity contribution < 1.29 is 4.79 Å². The molecule has 0 aromatic carbocycles. The van der Waals surface area contributed by atoms with E-state index in [1.165, 1.54) is 0 Å². The summed E-state index contributed by atoms with van der Waals surface area (Å²) < 4.78 is 1.97. The number of imidazole rings is 1. The van der Waals surface area contributed by atoms with E-state index in [1.807, 2.05) is 57.3 Å². The van der Waals surface area contributed by atoms with Crippen LogP contribution in [0.2, 0.25) is 0 Å². The minimum atomic E-state index is -0.267. The van der Waals surface area contributed by atoms with Crippen LogP contribution in [0.4, 0.5) is 10.5 Å². The van der Waals surface area contributed by atoms with Crippen molar-refractivity contribution in [3.8, 4) is 0 Å². The van der Waals surface area contributed by atoms with Crippen LogP contribution in [0.3, 0.4) is 0 Å². The first-order valence-electron chi connectivity index (χ1n) is 6.31. The van der Waals surface area contributed by atoms with Crippen molar-refractivity contribution in [3.05, 3.63) is 29.7 Å². The van der Waals surface area contributed by atoms with Gasteiger partial charge in [0.1, 0.15) is 0 Å². The third-order valence-corrected chi connectivity index (χ3v) is 2.86. The van der Waals surface area contributed by atoms with Gasteiger partial charge in [-0.3, -0.25) is 0 Å². The molecule has 2 N–H and O–H groups in total. The van der Waals surface area contributed by atoms with Gasteiger partial charge in [-0.25, -0.2) is 9.78 Å². The molecule has 5 nitrogen and oxygen atoms in total. The summed E-state index contributed by atoms with van der Waals surface area (Å²) in [6.45, 7) is 9.79. The standard InChI is InChI=1S/C14H20N4O/c1-9-10(2)18-8-6-7-11(12(18)15-9)16-13(19)17-14(3,4)5/h6-8H,1-5H3,(H2,16,17,19). The van der Waals surface area contributed by atoms with Crippen molar-refractivity contribution in [2.45, 2.75) is 40.2 Å². The fraction of sp³-hybridized carbons (Fsp3) is 0.429. The molecule has 2 aromatic rings. The molecule has 2 aromatic heterocycles. The van der Waals surface area contributed by atoms with Gasteiger partial charge in [-0.1, -0.05) is 0 Å². The van der Waals surface area contributed by atoms with E-state index in [0.717, 1.165) is 17.0 Å². The first kappa shape index (κ1) is 13.4. The number of pyridine rings is 1. The minimum Gasteiger partial charge on any atom is -0.333 e. The molecule has 0 radical (unpaired) electrons. The van der Waals surface area contributed by atoms with Gasteiger partial charge in [0.05, 0.1) is 11.4 Å². The molecule has 0 atom stereocenters. The summed E-state index contributed by atoms with van der Waals surface area (Å²) in [4.78, 5) is 16.4. The number of aromatic nitrogens is 2. The maximum atomic E-state index is 11.9. The Morgan fingerprint density at radius 1 is 1.32 bits per heavy atom. The van der Waals surface area contributed by atoms with Crippen molar-refractivity contribution >= 4 is 17.4 Å². The average Bonchev–Trinajstić information content (AvgIpc) is 2.54. The summed E-state index contributed by atoms with van der Waals surface area (Å²) in [6, 6.07) is 3.52. The van der Waals surface area contributed by atoms with E-state index in [9.17, 15) is 4.79 Å². The molecule has 2 rings (SSSR count). The summed E-state index contributed by atoms with van der Waals surface area (Å²) in [6.07, 6.45) is 1.94. The molecule has 2 heterocycles. The third-order valence-electron chi connectivity index (χ3n) is 2.86. The second kappa shape index (κ2) is 4.57. The number of aryl methyl sites for hydroxylation is 2.